The summed E-state index contributed by atoms with van der Waals surface area (Å²) < 4.78 is 0. The molecular weight excluding hydrogens is 312 g/mol. The molecular formula is C20H20N4O. The fourth-order valence-electron chi connectivity index (χ4n) is 2.55. The zero-order chi connectivity index (χ0) is 17.6. The van der Waals surface area contributed by atoms with Crippen LogP contribution in [0.1, 0.15) is 23.1 Å². The van der Waals surface area contributed by atoms with Gasteiger partial charge in [-0.1, -0.05) is 36.4 Å². The van der Waals surface area contributed by atoms with Crippen molar-refractivity contribution in [3.05, 3.63) is 78.1 Å². The van der Waals surface area contributed by atoms with Crippen LogP contribution in [0.3, 0.4) is 0 Å². The van der Waals surface area contributed by atoms with E-state index in [1.54, 1.807) is 6.07 Å². The van der Waals surface area contributed by atoms with Crippen molar-refractivity contribution < 1.29 is 4.79 Å². The Bertz CT molecular complexity index is 850. The smallest absolute Gasteiger partial charge is 0.274 e. The minimum atomic E-state index is -0.248. The lowest BCUT2D eigenvalue weighted by atomic mass is 10.2. The number of aromatic nitrogens is 2. The van der Waals surface area contributed by atoms with Crippen molar-refractivity contribution in [1.82, 2.24) is 9.97 Å². The highest BCUT2D eigenvalue weighted by atomic mass is 16.1. The number of nitrogens with zero attached hydrogens (tertiary/aromatic N) is 3. The molecule has 0 radical (unpaired) electrons. The van der Waals surface area contributed by atoms with E-state index in [1.165, 1.54) is 0 Å². The van der Waals surface area contributed by atoms with Crippen LogP contribution in [0, 0.1) is 6.92 Å². The minimum Gasteiger partial charge on any atom is -0.321 e. The molecule has 0 saturated heterocycles. The van der Waals surface area contributed by atoms with Crippen LogP contribution in [-0.4, -0.2) is 22.4 Å². The van der Waals surface area contributed by atoms with Crippen molar-refractivity contribution in [3.63, 3.8) is 0 Å². The number of rotatable bonds is 5. The quantitative estimate of drug-likeness (QED) is 0.761. The van der Waals surface area contributed by atoms with Gasteiger partial charge in [0.25, 0.3) is 5.91 Å². The zero-order valence-electron chi connectivity index (χ0n) is 14.3. The van der Waals surface area contributed by atoms with Crippen LogP contribution in [0.4, 0.5) is 17.3 Å². The molecule has 0 saturated carbocycles. The first-order chi connectivity index (χ1) is 12.2. The summed E-state index contributed by atoms with van der Waals surface area (Å²) in [6, 6.07) is 20.9. The Balaban J connectivity index is 1.91. The molecule has 1 aromatic heterocycles. The predicted octanol–water partition coefficient (Wildman–Crippen LogP) is 4.20. The lowest BCUT2D eigenvalue weighted by Gasteiger charge is -2.21. The average Bonchev–Trinajstić information content (AvgIpc) is 2.64. The third kappa shape index (κ3) is 4.01. The number of anilines is 3. The number of hydrogen-bond acceptors (Lipinski definition) is 4. The van der Waals surface area contributed by atoms with E-state index in [-0.39, 0.29) is 5.91 Å². The first-order valence-electron chi connectivity index (χ1n) is 8.22. The van der Waals surface area contributed by atoms with Crippen LogP contribution < -0.4 is 10.2 Å². The molecule has 25 heavy (non-hydrogen) atoms. The van der Waals surface area contributed by atoms with Gasteiger partial charge >= 0.3 is 0 Å². The van der Waals surface area contributed by atoms with Gasteiger partial charge in [0, 0.05) is 23.6 Å². The normalized spacial score (nSPS) is 10.3. The lowest BCUT2D eigenvalue weighted by Crippen LogP contribution is -2.22. The van der Waals surface area contributed by atoms with Crippen molar-refractivity contribution in [2.45, 2.75) is 13.8 Å². The van der Waals surface area contributed by atoms with Gasteiger partial charge in [-0.15, -0.1) is 0 Å². The Labute approximate surface area is 147 Å². The number of benzene rings is 2. The lowest BCUT2D eigenvalue weighted by molar-refractivity contribution is 0.102. The molecule has 5 nitrogen and oxygen atoms in total. The van der Waals surface area contributed by atoms with Crippen LogP contribution in [0.25, 0.3) is 0 Å². The fourth-order valence-corrected chi connectivity index (χ4v) is 2.55. The number of nitrogens with one attached hydrogen (secondary N) is 1. The van der Waals surface area contributed by atoms with E-state index in [1.807, 2.05) is 79.4 Å². The molecule has 0 aliphatic rings. The summed E-state index contributed by atoms with van der Waals surface area (Å²) in [5, 5.41) is 2.86. The molecule has 0 spiro atoms. The molecule has 0 aliphatic carbocycles. The SMILES string of the molecule is CCN(c1ccccc1)c1nc(C)cc(C(=O)Nc2ccccc2)n1. The van der Waals surface area contributed by atoms with Crippen molar-refractivity contribution in [2.24, 2.45) is 0 Å². The molecule has 2 aromatic carbocycles. The molecule has 3 aromatic rings. The summed E-state index contributed by atoms with van der Waals surface area (Å²) in [6.07, 6.45) is 0. The maximum Gasteiger partial charge on any atom is 0.274 e. The van der Waals surface area contributed by atoms with Crippen molar-refractivity contribution in [3.8, 4) is 0 Å². The van der Waals surface area contributed by atoms with Crippen molar-refractivity contribution in [2.75, 3.05) is 16.8 Å². The number of aryl methyl sites for hydroxylation is 1. The molecule has 5 heteroatoms. The summed E-state index contributed by atoms with van der Waals surface area (Å²) in [7, 11) is 0. The van der Waals surface area contributed by atoms with Crippen LogP contribution in [0.5, 0.6) is 0 Å². The van der Waals surface area contributed by atoms with E-state index in [0.29, 0.717) is 18.2 Å². The Morgan fingerprint density at radius 1 is 1.00 bits per heavy atom. The second-order valence-electron chi connectivity index (χ2n) is 5.59. The van der Waals surface area contributed by atoms with E-state index in [0.717, 1.165) is 17.1 Å². The monoisotopic (exact) mass is 332 g/mol. The number of hydrogen-bond donors (Lipinski definition) is 1. The fraction of sp³-hybridized carbons (Fsp3) is 0.150. The predicted molar refractivity (Wildman–Crippen MR) is 100 cm³/mol. The van der Waals surface area contributed by atoms with Gasteiger partial charge in [-0.3, -0.25) is 4.79 Å². The van der Waals surface area contributed by atoms with E-state index < -0.39 is 0 Å². The van der Waals surface area contributed by atoms with E-state index in [4.69, 9.17) is 0 Å². The molecule has 3 rings (SSSR count). The molecule has 1 N–H and O–H groups in total. The maximum absolute atomic E-state index is 12.5. The van der Waals surface area contributed by atoms with Gasteiger partial charge in [-0.05, 0) is 44.2 Å². The van der Waals surface area contributed by atoms with Gasteiger partial charge in [-0.2, -0.15) is 0 Å². The first-order valence-corrected chi connectivity index (χ1v) is 8.22. The molecule has 0 bridgehead atoms. The Morgan fingerprint density at radius 3 is 2.28 bits per heavy atom. The van der Waals surface area contributed by atoms with E-state index in [2.05, 4.69) is 15.3 Å². The third-order valence-corrected chi connectivity index (χ3v) is 3.73. The van der Waals surface area contributed by atoms with Crippen LogP contribution in [0.2, 0.25) is 0 Å². The first kappa shape index (κ1) is 16.6. The van der Waals surface area contributed by atoms with Crippen LogP contribution in [-0.2, 0) is 0 Å². The summed E-state index contributed by atoms with van der Waals surface area (Å²) in [4.78, 5) is 23.5. The standard InChI is InChI=1S/C20H20N4O/c1-3-24(17-12-8-5-9-13-17)20-21-15(2)14-18(23-20)19(25)22-16-10-6-4-7-11-16/h4-14H,3H2,1-2H3,(H,22,25). The van der Waals surface area contributed by atoms with E-state index in [9.17, 15) is 4.79 Å². The summed E-state index contributed by atoms with van der Waals surface area (Å²) in [5.74, 6) is 0.272. The highest BCUT2D eigenvalue weighted by Crippen LogP contribution is 2.22. The molecule has 126 valence electrons. The van der Waals surface area contributed by atoms with E-state index >= 15 is 0 Å². The van der Waals surface area contributed by atoms with Crippen LogP contribution >= 0.6 is 0 Å². The number of para-hydroxylation sites is 2. The van der Waals surface area contributed by atoms with Gasteiger partial charge in [0.1, 0.15) is 5.69 Å². The zero-order valence-corrected chi connectivity index (χ0v) is 14.3. The molecule has 1 amide bonds. The van der Waals surface area contributed by atoms with Gasteiger partial charge in [0.15, 0.2) is 0 Å². The van der Waals surface area contributed by atoms with Gasteiger partial charge in [-0.25, -0.2) is 9.97 Å². The minimum absolute atomic E-state index is 0.248. The molecule has 0 aliphatic heterocycles. The van der Waals surface area contributed by atoms with Gasteiger partial charge in [0.2, 0.25) is 5.95 Å². The molecule has 1 heterocycles. The molecule has 0 unspecified atom stereocenters. The average molecular weight is 332 g/mol. The number of amides is 1. The van der Waals surface area contributed by atoms with Crippen molar-refractivity contribution >= 4 is 23.2 Å². The highest BCUT2D eigenvalue weighted by Gasteiger charge is 2.15. The molecule has 0 fully saturated rings. The second-order valence-corrected chi connectivity index (χ2v) is 5.59. The highest BCUT2D eigenvalue weighted by molar-refractivity contribution is 6.03. The summed E-state index contributed by atoms with van der Waals surface area (Å²) in [5.41, 5.74) is 2.82. The maximum atomic E-state index is 12.5. The van der Waals surface area contributed by atoms with Crippen molar-refractivity contribution in [1.29, 1.82) is 0 Å². The Hall–Kier alpha value is -3.21. The van der Waals surface area contributed by atoms with Gasteiger partial charge < -0.3 is 10.2 Å². The number of carbonyl (C=O) groups is 1. The number of carbonyl (C=O) groups excluding carboxylic acids is 1. The molecule has 0 atom stereocenters. The largest absolute Gasteiger partial charge is 0.321 e. The summed E-state index contributed by atoms with van der Waals surface area (Å²) >= 11 is 0. The Kier molecular flexibility index (Phi) is 5.04. The third-order valence-electron chi connectivity index (χ3n) is 3.73. The van der Waals surface area contributed by atoms with Gasteiger partial charge in [0.05, 0.1) is 0 Å². The summed E-state index contributed by atoms with van der Waals surface area (Å²) in [6.45, 7) is 4.60. The Morgan fingerprint density at radius 2 is 1.64 bits per heavy atom. The topological polar surface area (TPSA) is 58.1 Å². The van der Waals surface area contributed by atoms with Crippen LogP contribution in [0.15, 0.2) is 66.7 Å². The second kappa shape index (κ2) is 7.57.